The number of benzene rings is 4. The molecule has 10 nitrogen and oxygen atoms in total. The third kappa shape index (κ3) is 8.55. The maximum absolute atomic E-state index is 15.2. The Balaban J connectivity index is 0.000000433. The number of nitrogens with zero attached hydrogens (tertiary/aromatic N) is 4. The van der Waals surface area contributed by atoms with E-state index in [2.05, 4.69) is 4.52 Å². The molecule has 0 aliphatic carbocycles. The lowest BCUT2D eigenvalue weighted by molar-refractivity contribution is -0.143. The second-order valence-electron chi connectivity index (χ2n) is 14.3. The minimum absolute atomic E-state index is 0.0598. The number of hydrogen-bond acceptors (Lipinski definition) is 5. The van der Waals surface area contributed by atoms with Gasteiger partial charge in [-0.05, 0) is 85.8 Å². The van der Waals surface area contributed by atoms with Crippen molar-refractivity contribution >= 4 is 24.8 Å². The first-order valence-corrected chi connectivity index (χ1v) is 19.8. The number of halogens is 8. The Bertz CT molecular complexity index is 2630. The Kier molecular flexibility index (Phi) is 11.8. The fourth-order valence-corrected chi connectivity index (χ4v) is 7.80. The summed E-state index contributed by atoms with van der Waals surface area (Å²) in [5.74, 6) is -2.01. The van der Waals surface area contributed by atoms with Crippen LogP contribution in [0.5, 0.6) is 5.75 Å². The number of carbonyl (C=O) groups is 1. The van der Waals surface area contributed by atoms with Crippen molar-refractivity contribution in [2.75, 3.05) is 0 Å². The molecule has 0 fully saturated rings. The van der Waals surface area contributed by atoms with Gasteiger partial charge >= 0.3 is 26.3 Å². The largest absolute Gasteiger partial charge is 0.524 e. The molecule has 0 radical (unpaired) electrons. The van der Waals surface area contributed by atoms with Gasteiger partial charge in [0.25, 0.3) is 0 Å². The van der Waals surface area contributed by atoms with Gasteiger partial charge < -0.3 is 9.63 Å². The highest BCUT2D eigenvalue weighted by atomic mass is 31.2. The van der Waals surface area contributed by atoms with Crippen molar-refractivity contribution < 1.29 is 63.9 Å². The van der Waals surface area contributed by atoms with E-state index in [4.69, 9.17) is 14.9 Å². The Morgan fingerprint density at radius 3 is 2.07 bits per heavy atom. The van der Waals surface area contributed by atoms with Crippen LogP contribution in [0.3, 0.4) is 0 Å². The number of aryl methyl sites for hydroxylation is 2. The van der Waals surface area contributed by atoms with Gasteiger partial charge in [0, 0.05) is 35.8 Å². The lowest BCUT2D eigenvalue weighted by atomic mass is 9.96. The molecule has 0 spiro atoms. The van der Waals surface area contributed by atoms with E-state index < -0.39 is 60.3 Å². The maximum atomic E-state index is 15.2. The summed E-state index contributed by atoms with van der Waals surface area (Å²) in [7, 11) is -4.65. The first-order valence-electron chi connectivity index (χ1n) is 18.3. The fraction of sp³-hybridized carbons (Fsp3) is 0.268. The molecule has 318 valence electrons. The van der Waals surface area contributed by atoms with E-state index in [1.54, 1.807) is 23.4 Å². The molecule has 0 bridgehead atoms. The molecule has 0 amide bonds. The molecule has 19 heteroatoms. The summed E-state index contributed by atoms with van der Waals surface area (Å²) in [6.07, 6.45) is -8.83. The van der Waals surface area contributed by atoms with Gasteiger partial charge in [0.1, 0.15) is 5.82 Å². The van der Waals surface area contributed by atoms with Gasteiger partial charge in [0.15, 0.2) is 11.6 Å². The quantitative estimate of drug-likeness (QED) is 0.102. The number of phosphoric ester groups is 1. The van der Waals surface area contributed by atoms with E-state index in [0.717, 1.165) is 39.6 Å². The van der Waals surface area contributed by atoms with E-state index in [0.29, 0.717) is 46.8 Å². The molecule has 4 aromatic carbocycles. The molecule has 3 N–H and O–H groups in total. The van der Waals surface area contributed by atoms with Crippen molar-refractivity contribution in [3.05, 3.63) is 136 Å². The van der Waals surface area contributed by atoms with Gasteiger partial charge in [0.2, 0.25) is 0 Å². The van der Waals surface area contributed by atoms with Crippen molar-refractivity contribution in [3.63, 3.8) is 0 Å². The molecular weight excluding hydrogens is 827 g/mol. The summed E-state index contributed by atoms with van der Waals surface area (Å²) in [4.78, 5) is 30.3. The summed E-state index contributed by atoms with van der Waals surface area (Å²) in [5.41, 5.74) is 0.630. The molecule has 1 aliphatic heterocycles. The first kappa shape index (κ1) is 44.0. The van der Waals surface area contributed by atoms with Crippen LogP contribution in [-0.2, 0) is 48.4 Å². The minimum Gasteiger partial charge on any atom is -0.464 e. The van der Waals surface area contributed by atoms with E-state index in [-0.39, 0.29) is 30.2 Å². The fourth-order valence-electron chi connectivity index (χ4n) is 7.40. The zero-order chi connectivity index (χ0) is 44.1. The van der Waals surface area contributed by atoms with E-state index in [9.17, 15) is 45.2 Å². The number of hydrogen-bond donors (Lipinski definition) is 3. The molecule has 6 aromatic rings. The van der Waals surface area contributed by atoms with E-state index >= 15 is 4.39 Å². The number of para-hydroxylation sites is 2. The van der Waals surface area contributed by atoms with Crippen LogP contribution >= 0.6 is 7.82 Å². The standard InChI is InChI=1S/C35H31F7N4O2.C6H6FO4P/c1-5-19-8-7-9-20(6-2)28(19)46-29(23-12-13-27(36)30-24(23)14-15-45(30)32(47)48)25-18-44(33(3,4)31(25)43-46)17-21-10-11-22(34(37,38)39)16-26(21)35(40,41)42;7-5-3-1-2-4-6(5)11-12(8,9)10/h7-16H,5-6,17-18H2,1-4H3,(H,47,48);1-4H,(H2,8,9,10). The van der Waals surface area contributed by atoms with Gasteiger partial charge in [-0.15, -0.1) is 0 Å². The zero-order valence-electron chi connectivity index (χ0n) is 32.2. The molecule has 0 saturated carbocycles. The third-order valence-electron chi connectivity index (χ3n) is 10.3. The van der Waals surface area contributed by atoms with Crippen LogP contribution in [0.4, 0.5) is 39.9 Å². The van der Waals surface area contributed by atoms with Crippen molar-refractivity contribution in [3.8, 4) is 22.7 Å². The van der Waals surface area contributed by atoms with Crippen molar-refractivity contribution in [2.45, 2.75) is 71.5 Å². The van der Waals surface area contributed by atoms with Crippen LogP contribution in [0.25, 0.3) is 27.8 Å². The average molecular weight is 865 g/mol. The number of carboxylic acid groups (broad SMARTS) is 1. The second kappa shape index (κ2) is 16.1. The molecule has 1 aliphatic rings. The number of phosphoric acid groups is 1. The Morgan fingerprint density at radius 1 is 0.850 bits per heavy atom. The van der Waals surface area contributed by atoms with Gasteiger partial charge in [-0.25, -0.2) is 27.4 Å². The normalized spacial score (nSPS) is 14.2. The van der Waals surface area contributed by atoms with Gasteiger partial charge in [-0.2, -0.15) is 31.4 Å². The molecular formula is C41H37F8N4O6P. The summed E-state index contributed by atoms with van der Waals surface area (Å²) in [6, 6.07) is 16.7. The average Bonchev–Trinajstić information content (AvgIpc) is 3.84. The zero-order valence-corrected chi connectivity index (χ0v) is 33.1. The van der Waals surface area contributed by atoms with E-state index in [1.807, 2.05) is 32.0 Å². The second-order valence-corrected chi connectivity index (χ2v) is 15.5. The van der Waals surface area contributed by atoms with Gasteiger partial charge in [-0.1, -0.05) is 50.2 Å². The van der Waals surface area contributed by atoms with Crippen LogP contribution in [0.15, 0.2) is 85.1 Å². The van der Waals surface area contributed by atoms with Crippen molar-refractivity contribution in [1.29, 1.82) is 0 Å². The number of rotatable bonds is 8. The van der Waals surface area contributed by atoms with Crippen LogP contribution in [0.2, 0.25) is 0 Å². The predicted molar refractivity (Wildman–Crippen MR) is 204 cm³/mol. The third-order valence-corrected chi connectivity index (χ3v) is 10.7. The Hall–Kier alpha value is -5.55. The number of aromatic nitrogens is 3. The lowest BCUT2D eigenvalue weighted by Gasteiger charge is -2.33. The Labute approximate surface area is 337 Å². The van der Waals surface area contributed by atoms with Crippen molar-refractivity contribution in [2.24, 2.45) is 0 Å². The highest BCUT2D eigenvalue weighted by Crippen LogP contribution is 2.48. The SMILES string of the molecule is CCc1cccc(CC)c1-n1nc2c(c1-c1ccc(F)c3c1ccn3C(=O)O)CN(Cc1ccc(C(F)(F)F)cc1C(F)(F)F)C2(C)C.O=P(O)(O)Oc1ccccc1F. The molecule has 60 heavy (non-hydrogen) atoms. The minimum atomic E-state index is -5.04. The molecule has 0 atom stereocenters. The van der Waals surface area contributed by atoms with E-state index in [1.165, 1.54) is 36.5 Å². The number of alkyl halides is 6. The summed E-state index contributed by atoms with van der Waals surface area (Å²) in [5, 5.41) is 15.1. The highest BCUT2D eigenvalue weighted by molar-refractivity contribution is 7.46. The summed E-state index contributed by atoms with van der Waals surface area (Å²) >= 11 is 0. The van der Waals surface area contributed by atoms with Crippen LogP contribution < -0.4 is 4.52 Å². The van der Waals surface area contributed by atoms with Crippen LogP contribution in [0.1, 0.15) is 66.8 Å². The predicted octanol–water partition coefficient (Wildman–Crippen LogP) is 10.9. The van der Waals surface area contributed by atoms with Crippen LogP contribution in [-0.4, -0.2) is 40.2 Å². The highest BCUT2D eigenvalue weighted by Gasteiger charge is 2.45. The van der Waals surface area contributed by atoms with Gasteiger partial charge in [-0.3, -0.25) is 14.7 Å². The molecule has 0 saturated heterocycles. The maximum Gasteiger partial charge on any atom is 0.524 e. The molecule has 0 unspecified atom stereocenters. The monoisotopic (exact) mass is 864 g/mol. The first-order chi connectivity index (χ1) is 28.0. The molecule has 7 rings (SSSR count). The Morgan fingerprint density at radius 2 is 1.50 bits per heavy atom. The lowest BCUT2D eigenvalue weighted by Crippen LogP contribution is -2.36. The smallest absolute Gasteiger partial charge is 0.464 e. The number of fused-ring (bicyclic) bond motifs is 2. The topological polar surface area (TPSA) is 130 Å². The molecule has 2 aromatic heterocycles. The van der Waals surface area contributed by atoms with Crippen LogP contribution in [0, 0.1) is 11.6 Å². The summed E-state index contributed by atoms with van der Waals surface area (Å²) in [6.45, 7) is 7.27. The van der Waals surface area contributed by atoms with Crippen molar-refractivity contribution in [1.82, 2.24) is 19.2 Å². The molecule has 3 heterocycles. The van der Waals surface area contributed by atoms with Gasteiger partial charge in [0.05, 0.1) is 39.3 Å². The summed E-state index contributed by atoms with van der Waals surface area (Å²) < 4.78 is 127.